The Morgan fingerprint density at radius 2 is 1.69 bits per heavy atom. The van der Waals surface area contributed by atoms with Crippen molar-refractivity contribution in [2.45, 2.75) is 18.4 Å². The summed E-state index contributed by atoms with van der Waals surface area (Å²) in [5, 5.41) is 15.4. The minimum atomic E-state index is -4.36. The number of anilines is 2. The maximum atomic E-state index is 13.2. The topological polar surface area (TPSA) is 132 Å². The summed E-state index contributed by atoms with van der Waals surface area (Å²) in [5.74, 6) is 0.112. The summed E-state index contributed by atoms with van der Waals surface area (Å²) in [6.07, 6.45) is 0. The Bertz CT molecular complexity index is 1370. The quantitative estimate of drug-likeness (QED) is 0.228. The zero-order valence-electron chi connectivity index (χ0n) is 18.4. The van der Waals surface area contributed by atoms with Crippen LogP contribution in [0.1, 0.15) is 12.5 Å². The Kier molecular flexibility index (Phi) is 7.81. The summed E-state index contributed by atoms with van der Waals surface area (Å²) in [4.78, 5) is 10.1. The first-order valence-corrected chi connectivity index (χ1v) is 11.4. The summed E-state index contributed by atoms with van der Waals surface area (Å²) in [6.45, 7) is -1.56. The molecular formula is C22H20F2N4O6S. The van der Waals surface area contributed by atoms with Crippen LogP contribution in [0.25, 0.3) is 0 Å². The van der Waals surface area contributed by atoms with Gasteiger partial charge in [-0.3, -0.25) is 20.3 Å². The molecule has 0 amide bonds. The summed E-state index contributed by atoms with van der Waals surface area (Å²) < 4.78 is 63.8. The van der Waals surface area contributed by atoms with Crippen molar-refractivity contribution in [2.24, 2.45) is 5.10 Å². The zero-order valence-corrected chi connectivity index (χ0v) is 19.3. The van der Waals surface area contributed by atoms with E-state index in [1.165, 1.54) is 50.4 Å². The molecule has 0 saturated carbocycles. The van der Waals surface area contributed by atoms with Crippen molar-refractivity contribution >= 4 is 32.8 Å². The number of ether oxygens (including phenoxy) is 2. The summed E-state index contributed by atoms with van der Waals surface area (Å²) in [7, 11) is -3.00. The average molecular weight is 506 g/mol. The number of benzene rings is 3. The lowest BCUT2D eigenvalue weighted by atomic mass is 10.1. The second-order valence-corrected chi connectivity index (χ2v) is 8.58. The van der Waals surface area contributed by atoms with Crippen molar-refractivity contribution in [3.05, 3.63) is 82.4 Å². The van der Waals surface area contributed by atoms with Crippen LogP contribution in [-0.2, 0) is 10.0 Å². The number of hydrazone groups is 1. The van der Waals surface area contributed by atoms with Gasteiger partial charge in [-0.05, 0) is 37.3 Å². The second kappa shape index (κ2) is 10.8. The third kappa shape index (κ3) is 6.20. The number of para-hydroxylation sites is 3. The van der Waals surface area contributed by atoms with E-state index < -0.39 is 32.1 Å². The highest BCUT2D eigenvalue weighted by Gasteiger charge is 2.24. The third-order valence-electron chi connectivity index (χ3n) is 4.65. The SMILES string of the molecule is COc1ccccc1NS(=O)(=O)c1cc([N+](=O)[O-])ccc1N/N=C(/C)c1ccccc1OC(F)F. The smallest absolute Gasteiger partial charge is 0.387 e. The van der Waals surface area contributed by atoms with E-state index in [0.717, 1.165) is 12.1 Å². The Hall–Kier alpha value is -4.26. The van der Waals surface area contributed by atoms with Gasteiger partial charge in [0.2, 0.25) is 0 Å². The van der Waals surface area contributed by atoms with Crippen LogP contribution in [0.4, 0.5) is 25.8 Å². The molecule has 13 heteroatoms. The molecule has 0 fully saturated rings. The maximum Gasteiger partial charge on any atom is 0.387 e. The van der Waals surface area contributed by atoms with E-state index >= 15 is 0 Å². The molecule has 2 N–H and O–H groups in total. The number of nitrogens with one attached hydrogen (secondary N) is 2. The molecule has 0 aliphatic heterocycles. The Morgan fingerprint density at radius 3 is 2.34 bits per heavy atom. The van der Waals surface area contributed by atoms with E-state index in [1.54, 1.807) is 18.2 Å². The Labute approximate surface area is 199 Å². The standard InChI is InChI=1S/C22H20F2N4O6S/c1-14(16-7-3-5-9-19(16)34-22(23)24)25-26-18-12-11-15(28(29)30)13-21(18)35(31,32)27-17-8-4-6-10-20(17)33-2/h3-13,22,26-27H,1-2H3/b25-14-. The number of non-ortho nitro benzene ring substituents is 1. The van der Waals surface area contributed by atoms with E-state index in [0.29, 0.717) is 0 Å². The van der Waals surface area contributed by atoms with Gasteiger partial charge in [0.15, 0.2) is 0 Å². The first-order valence-electron chi connectivity index (χ1n) is 9.91. The number of alkyl halides is 2. The number of sulfonamides is 1. The first-order chi connectivity index (χ1) is 16.6. The van der Waals surface area contributed by atoms with Crippen molar-refractivity contribution in [2.75, 3.05) is 17.3 Å². The Balaban J connectivity index is 2.00. The molecule has 3 aromatic rings. The van der Waals surface area contributed by atoms with Gasteiger partial charge in [-0.25, -0.2) is 8.42 Å². The highest BCUT2D eigenvalue weighted by Crippen LogP contribution is 2.31. The molecule has 0 spiro atoms. The van der Waals surface area contributed by atoms with E-state index in [4.69, 9.17) is 4.74 Å². The van der Waals surface area contributed by atoms with Gasteiger partial charge in [0.05, 0.1) is 29.1 Å². The van der Waals surface area contributed by atoms with Crippen molar-refractivity contribution < 1.29 is 31.6 Å². The van der Waals surface area contributed by atoms with Gasteiger partial charge in [-0.15, -0.1) is 0 Å². The molecular weight excluding hydrogens is 486 g/mol. The van der Waals surface area contributed by atoms with Crippen LogP contribution >= 0.6 is 0 Å². The number of hydrogen-bond acceptors (Lipinski definition) is 8. The maximum absolute atomic E-state index is 13.2. The van der Waals surface area contributed by atoms with Crippen LogP contribution in [0.2, 0.25) is 0 Å². The summed E-state index contributed by atoms with van der Waals surface area (Å²) in [5.41, 5.74) is 2.54. The fraction of sp³-hybridized carbons (Fsp3) is 0.136. The first kappa shape index (κ1) is 25.4. The number of nitro groups is 1. The molecule has 3 rings (SSSR count). The molecule has 0 radical (unpaired) electrons. The predicted octanol–water partition coefficient (Wildman–Crippen LogP) is 4.84. The molecule has 0 bridgehead atoms. The number of rotatable bonds is 10. The minimum Gasteiger partial charge on any atom is -0.495 e. The van der Waals surface area contributed by atoms with E-state index in [-0.39, 0.29) is 34.1 Å². The van der Waals surface area contributed by atoms with Gasteiger partial charge < -0.3 is 9.47 Å². The number of nitro benzene ring substituents is 1. The van der Waals surface area contributed by atoms with Gasteiger partial charge in [0.1, 0.15) is 16.4 Å². The molecule has 3 aromatic carbocycles. The molecule has 35 heavy (non-hydrogen) atoms. The van der Waals surface area contributed by atoms with Crippen molar-refractivity contribution in [1.29, 1.82) is 0 Å². The van der Waals surface area contributed by atoms with E-state index in [9.17, 15) is 27.3 Å². The molecule has 0 unspecified atom stereocenters. The van der Waals surface area contributed by atoms with Crippen molar-refractivity contribution in [3.8, 4) is 11.5 Å². The van der Waals surface area contributed by atoms with Crippen LogP contribution in [0, 0.1) is 10.1 Å². The van der Waals surface area contributed by atoms with Crippen molar-refractivity contribution in [1.82, 2.24) is 0 Å². The largest absolute Gasteiger partial charge is 0.495 e. The van der Waals surface area contributed by atoms with Gasteiger partial charge in [0, 0.05) is 17.7 Å². The molecule has 10 nitrogen and oxygen atoms in total. The fourth-order valence-corrected chi connectivity index (χ4v) is 4.28. The number of halogens is 2. The summed E-state index contributed by atoms with van der Waals surface area (Å²) >= 11 is 0. The molecule has 0 heterocycles. The minimum absolute atomic E-state index is 0.0930. The van der Waals surface area contributed by atoms with E-state index in [2.05, 4.69) is 20.0 Å². The van der Waals surface area contributed by atoms with Crippen LogP contribution in [0.3, 0.4) is 0 Å². The lowest BCUT2D eigenvalue weighted by Gasteiger charge is -2.14. The second-order valence-electron chi connectivity index (χ2n) is 6.93. The average Bonchev–Trinajstić information content (AvgIpc) is 2.82. The molecule has 0 atom stereocenters. The molecule has 0 aliphatic rings. The normalized spacial score (nSPS) is 11.7. The van der Waals surface area contributed by atoms with Crippen LogP contribution < -0.4 is 19.6 Å². The lowest BCUT2D eigenvalue weighted by Crippen LogP contribution is -2.16. The van der Waals surface area contributed by atoms with Gasteiger partial charge in [-0.1, -0.05) is 24.3 Å². The van der Waals surface area contributed by atoms with Crippen LogP contribution in [0.5, 0.6) is 11.5 Å². The molecule has 0 aliphatic carbocycles. The highest BCUT2D eigenvalue weighted by atomic mass is 32.2. The van der Waals surface area contributed by atoms with Gasteiger partial charge in [0.25, 0.3) is 15.7 Å². The predicted molar refractivity (Wildman–Crippen MR) is 126 cm³/mol. The van der Waals surface area contributed by atoms with Crippen LogP contribution in [0.15, 0.2) is 76.7 Å². The highest BCUT2D eigenvalue weighted by molar-refractivity contribution is 7.93. The van der Waals surface area contributed by atoms with Crippen molar-refractivity contribution in [3.63, 3.8) is 0 Å². The number of nitrogens with zero attached hydrogens (tertiary/aromatic N) is 2. The number of hydrogen-bond donors (Lipinski definition) is 2. The molecule has 0 saturated heterocycles. The molecule has 0 aromatic heterocycles. The number of methoxy groups -OCH3 is 1. The van der Waals surface area contributed by atoms with Crippen LogP contribution in [-0.4, -0.2) is 32.8 Å². The third-order valence-corrected chi connectivity index (χ3v) is 6.06. The monoisotopic (exact) mass is 506 g/mol. The van der Waals surface area contributed by atoms with E-state index in [1.807, 2.05) is 0 Å². The lowest BCUT2D eigenvalue weighted by molar-refractivity contribution is -0.385. The fourth-order valence-electron chi connectivity index (χ4n) is 3.04. The molecule has 184 valence electrons. The Morgan fingerprint density at radius 1 is 1.03 bits per heavy atom. The summed E-state index contributed by atoms with van der Waals surface area (Å²) in [6, 6.07) is 15.3. The van der Waals surface area contributed by atoms with Gasteiger partial charge >= 0.3 is 6.61 Å². The zero-order chi connectivity index (χ0) is 25.6. The van der Waals surface area contributed by atoms with Gasteiger partial charge in [-0.2, -0.15) is 13.9 Å².